The Bertz CT molecular complexity index is 542. The molecule has 0 fully saturated rings. The molecule has 2 rings (SSSR count). The molecule has 0 amide bonds. The summed E-state index contributed by atoms with van der Waals surface area (Å²) in [7, 11) is 0. The van der Waals surface area contributed by atoms with Crippen molar-refractivity contribution in [3.63, 3.8) is 0 Å². The molecule has 88 valence electrons. The Kier molecular flexibility index (Phi) is 3.59. The van der Waals surface area contributed by atoms with Crippen LogP contribution in [0.25, 0.3) is 0 Å². The molecule has 0 aliphatic rings. The predicted octanol–water partition coefficient (Wildman–Crippen LogP) is 4.08. The monoisotopic (exact) mass is 315 g/mol. The van der Waals surface area contributed by atoms with Gasteiger partial charge in [0, 0.05) is 6.20 Å². The lowest BCUT2D eigenvalue weighted by Crippen LogP contribution is -2.00. The van der Waals surface area contributed by atoms with Crippen molar-refractivity contribution in [2.45, 2.75) is 6.92 Å². The van der Waals surface area contributed by atoms with Crippen LogP contribution in [0.5, 0.6) is 0 Å². The molecule has 17 heavy (non-hydrogen) atoms. The van der Waals surface area contributed by atoms with Gasteiger partial charge in [0.15, 0.2) is 0 Å². The Morgan fingerprint density at radius 3 is 2.88 bits per heavy atom. The first kappa shape index (κ1) is 12.3. The number of anilines is 2. The van der Waals surface area contributed by atoms with Crippen LogP contribution in [-0.4, -0.2) is 9.97 Å². The number of hydrogen-bond acceptors (Lipinski definition) is 3. The molecule has 0 saturated heterocycles. The van der Waals surface area contributed by atoms with Crippen molar-refractivity contribution in [1.29, 1.82) is 0 Å². The molecule has 0 aliphatic carbocycles. The highest BCUT2D eigenvalue weighted by Crippen LogP contribution is 2.27. The molecular formula is C11H8BrClFN3. The third-order valence-electron chi connectivity index (χ3n) is 2.18. The molecule has 1 aromatic heterocycles. The van der Waals surface area contributed by atoms with Crippen LogP contribution in [0.4, 0.5) is 15.9 Å². The third kappa shape index (κ3) is 2.73. The Labute approximate surface area is 111 Å². The summed E-state index contributed by atoms with van der Waals surface area (Å²) in [5.41, 5.74) is 1.16. The van der Waals surface area contributed by atoms with E-state index in [1.807, 2.05) is 13.0 Å². The number of aryl methyl sites for hydroxylation is 1. The normalized spacial score (nSPS) is 10.4. The van der Waals surface area contributed by atoms with E-state index in [4.69, 9.17) is 11.6 Å². The van der Waals surface area contributed by atoms with E-state index >= 15 is 0 Å². The van der Waals surface area contributed by atoms with Crippen molar-refractivity contribution in [2.24, 2.45) is 0 Å². The average molecular weight is 317 g/mol. The van der Waals surface area contributed by atoms with Gasteiger partial charge in [-0.3, -0.25) is 0 Å². The van der Waals surface area contributed by atoms with Gasteiger partial charge in [-0.2, -0.15) is 4.98 Å². The highest BCUT2D eigenvalue weighted by atomic mass is 79.9. The van der Waals surface area contributed by atoms with Crippen LogP contribution < -0.4 is 5.32 Å². The number of aromatic nitrogens is 2. The minimum absolute atomic E-state index is 0.102. The van der Waals surface area contributed by atoms with Gasteiger partial charge >= 0.3 is 0 Å². The minimum Gasteiger partial charge on any atom is -0.337 e. The molecule has 0 bridgehead atoms. The van der Waals surface area contributed by atoms with Gasteiger partial charge in [0.2, 0.25) is 5.28 Å². The predicted molar refractivity (Wildman–Crippen MR) is 69.2 cm³/mol. The summed E-state index contributed by atoms with van der Waals surface area (Å²) in [6.07, 6.45) is 1.51. The van der Waals surface area contributed by atoms with Crippen LogP contribution in [0, 0.1) is 12.7 Å². The first-order chi connectivity index (χ1) is 8.08. The second kappa shape index (κ2) is 4.98. The van der Waals surface area contributed by atoms with Crippen molar-refractivity contribution >= 4 is 39.0 Å². The van der Waals surface area contributed by atoms with E-state index in [1.165, 1.54) is 12.3 Å². The van der Waals surface area contributed by atoms with Gasteiger partial charge in [0.25, 0.3) is 0 Å². The van der Waals surface area contributed by atoms with Crippen LogP contribution in [0.1, 0.15) is 5.56 Å². The summed E-state index contributed by atoms with van der Waals surface area (Å²) in [4.78, 5) is 7.78. The van der Waals surface area contributed by atoms with Crippen LogP contribution in [0.3, 0.4) is 0 Å². The van der Waals surface area contributed by atoms with E-state index in [0.717, 1.165) is 5.56 Å². The van der Waals surface area contributed by atoms with Crippen molar-refractivity contribution in [3.05, 3.63) is 45.5 Å². The average Bonchev–Trinajstić information content (AvgIpc) is 2.28. The minimum atomic E-state index is -0.341. The van der Waals surface area contributed by atoms with Gasteiger partial charge < -0.3 is 5.32 Å². The van der Waals surface area contributed by atoms with E-state index < -0.39 is 0 Å². The number of rotatable bonds is 2. The smallest absolute Gasteiger partial charge is 0.224 e. The van der Waals surface area contributed by atoms with Crippen LogP contribution in [0.2, 0.25) is 5.28 Å². The van der Waals surface area contributed by atoms with Crippen molar-refractivity contribution < 1.29 is 4.39 Å². The van der Waals surface area contributed by atoms with Crippen LogP contribution >= 0.6 is 27.5 Å². The molecule has 1 heterocycles. The highest BCUT2D eigenvalue weighted by Gasteiger charge is 2.09. The zero-order valence-electron chi connectivity index (χ0n) is 8.84. The molecule has 0 radical (unpaired) electrons. The van der Waals surface area contributed by atoms with Crippen LogP contribution in [0.15, 0.2) is 28.9 Å². The van der Waals surface area contributed by atoms with E-state index in [-0.39, 0.29) is 11.1 Å². The van der Waals surface area contributed by atoms with Gasteiger partial charge in [0.05, 0.1) is 10.2 Å². The molecule has 0 atom stereocenters. The maximum atomic E-state index is 13.6. The number of halogens is 3. The Balaban J connectivity index is 2.41. The molecule has 0 aliphatic heterocycles. The zero-order chi connectivity index (χ0) is 12.4. The number of para-hydroxylation sites is 1. The lowest BCUT2D eigenvalue weighted by molar-refractivity contribution is 0.630. The zero-order valence-corrected chi connectivity index (χ0v) is 11.2. The lowest BCUT2D eigenvalue weighted by atomic mass is 10.2. The summed E-state index contributed by atoms with van der Waals surface area (Å²) < 4.78 is 14.2. The van der Waals surface area contributed by atoms with Gasteiger partial charge in [-0.15, -0.1) is 0 Å². The van der Waals surface area contributed by atoms with E-state index in [9.17, 15) is 4.39 Å². The van der Waals surface area contributed by atoms with Crippen molar-refractivity contribution in [3.8, 4) is 0 Å². The molecule has 3 nitrogen and oxygen atoms in total. The van der Waals surface area contributed by atoms with Gasteiger partial charge in [-0.05, 0) is 46.1 Å². The maximum absolute atomic E-state index is 13.6. The molecule has 6 heteroatoms. The standard InChI is InChI=1S/C11H8BrClFN3/c1-6-3-2-4-8(14)9(6)16-10-7(12)5-15-11(13)17-10/h2-5H,1H3,(H,15,16,17). The Hall–Kier alpha value is -1.20. The largest absolute Gasteiger partial charge is 0.337 e. The molecule has 0 spiro atoms. The van der Waals surface area contributed by atoms with E-state index in [0.29, 0.717) is 16.0 Å². The first-order valence-corrected chi connectivity index (χ1v) is 5.95. The van der Waals surface area contributed by atoms with E-state index in [2.05, 4.69) is 31.2 Å². The third-order valence-corrected chi connectivity index (χ3v) is 2.94. The molecule has 0 unspecified atom stereocenters. The molecule has 1 N–H and O–H groups in total. The summed E-state index contributed by atoms with van der Waals surface area (Å²) >= 11 is 8.95. The van der Waals surface area contributed by atoms with Gasteiger partial charge in [-0.25, -0.2) is 9.37 Å². The highest BCUT2D eigenvalue weighted by molar-refractivity contribution is 9.10. The molecule has 1 aromatic carbocycles. The SMILES string of the molecule is Cc1cccc(F)c1Nc1nc(Cl)ncc1Br. The second-order valence-corrected chi connectivity index (χ2v) is 4.58. The fourth-order valence-corrected chi connectivity index (χ4v) is 1.77. The van der Waals surface area contributed by atoms with E-state index in [1.54, 1.807) is 6.07 Å². The quantitative estimate of drug-likeness (QED) is 0.848. The lowest BCUT2D eigenvalue weighted by Gasteiger charge is -2.10. The summed E-state index contributed by atoms with van der Waals surface area (Å²) in [6.45, 7) is 1.81. The first-order valence-electron chi connectivity index (χ1n) is 4.78. The number of hydrogen-bond donors (Lipinski definition) is 1. The molecule has 0 saturated carbocycles. The summed E-state index contributed by atoms with van der Waals surface area (Å²) in [5.74, 6) is 0.0878. The van der Waals surface area contributed by atoms with Crippen molar-refractivity contribution in [2.75, 3.05) is 5.32 Å². The number of benzene rings is 1. The summed E-state index contributed by atoms with van der Waals surface area (Å²) in [5, 5.41) is 2.99. The molecule has 2 aromatic rings. The number of nitrogens with zero attached hydrogens (tertiary/aromatic N) is 2. The van der Waals surface area contributed by atoms with Gasteiger partial charge in [-0.1, -0.05) is 12.1 Å². The summed E-state index contributed by atoms with van der Waals surface area (Å²) in [6, 6.07) is 4.84. The topological polar surface area (TPSA) is 37.8 Å². The van der Waals surface area contributed by atoms with Crippen LogP contribution in [-0.2, 0) is 0 Å². The maximum Gasteiger partial charge on any atom is 0.224 e. The van der Waals surface area contributed by atoms with Crippen molar-refractivity contribution in [1.82, 2.24) is 9.97 Å². The fourth-order valence-electron chi connectivity index (χ4n) is 1.34. The molecular weight excluding hydrogens is 308 g/mol. The Morgan fingerprint density at radius 2 is 2.18 bits per heavy atom. The fraction of sp³-hybridized carbons (Fsp3) is 0.0909. The number of nitrogens with one attached hydrogen (secondary N) is 1. The second-order valence-electron chi connectivity index (χ2n) is 3.39. The van der Waals surface area contributed by atoms with Gasteiger partial charge in [0.1, 0.15) is 11.6 Å². The Morgan fingerprint density at radius 1 is 1.41 bits per heavy atom.